The maximum atomic E-state index is 6.08. The molecule has 0 saturated heterocycles. The molecule has 0 amide bonds. The number of benzene rings is 1. The van der Waals surface area contributed by atoms with Gasteiger partial charge >= 0.3 is 6.98 Å². The van der Waals surface area contributed by atoms with E-state index in [-0.39, 0.29) is 13.1 Å². The fraction of sp³-hybridized carbons (Fsp3) is 0.286. The van der Waals surface area contributed by atoms with Crippen molar-refractivity contribution in [1.82, 2.24) is 4.98 Å². The van der Waals surface area contributed by atoms with Crippen LogP contribution in [0.3, 0.4) is 0 Å². The molecule has 6 heteroatoms. The van der Waals surface area contributed by atoms with Crippen molar-refractivity contribution in [3.63, 3.8) is 0 Å². The van der Waals surface area contributed by atoms with Crippen molar-refractivity contribution in [2.45, 2.75) is 26.9 Å². The number of fused-ring (bicyclic) bond motifs is 4. The minimum Gasteiger partial charge on any atom is -0.436 e. The first-order valence-electron chi connectivity index (χ1n) is 9.38. The Hall–Kier alpha value is -2.89. The first-order chi connectivity index (χ1) is 13.0. The van der Waals surface area contributed by atoms with E-state index in [1.54, 1.807) is 0 Å². The predicted molar refractivity (Wildman–Crippen MR) is 113 cm³/mol. The summed E-state index contributed by atoms with van der Waals surface area (Å²) in [6.45, 7) is 6.56. The Morgan fingerprint density at radius 3 is 2.56 bits per heavy atom. The average molecular weight is 358 g/mol. The molecule has 0 bridgehead atoms. The molecule has 0 spiro atoms. The second-order valence-corrected chi connectivity index (χ2v) is 7.63. The third-order valence-corrected chi connectivity index (χ3v) is 5.95. The number of allylic oxidation sites excluding steroid dienone is 1. The topological polar surface area (TPSA) is 35.8 Å². The minimum absolute atomic E-state index is 0.126. The van der Waals surface area contributed by atoms with Gasteiger partial charge in [0.2, 0.25) is 5.71 Å². The number of hydrogen-bond donors (Lipinski definition) is 0. The number of aryl methyl sites for hydroxylation is 1. The number of hydrogen-bond acceptors (Lipinski definition) is 5. The fourth-order valence-corrected chi connectivity index (χ4v) is 4.56. The summed E-state index contributed by atoms with van der Waals surface area (Å²) in [7, 11) is 4.32. The average Bonchev–Trinajstić information content (AvgIpc) is 3.11. The van der Waals surface area contributed by atoms with Crippen LogP contribution in [0.5, 0.6) is 0 Å². The summed E-state index contributed by atoms with van der Waals surface area (Å²) in [5.41, 5.74) is 6.60. The van der Waals surface area contributed by atoms with E-state index >= 15 is 0 Å². The first-order valence-corrected chi connectivity index (χ1v) is 9.38. The number of rotatable bonds is 1. The number of pyridine rings is 1. The van der Waals surface area contributed by atoms with Crippen molar-refractivity contribution >= 4 is 41.2 Å². The van der Waals surface area contributed by atoms with Gasteiger partial charge in [0.15, 0.2) is 5.76 Å². The van der Waals surface area contributed by atoms with Crippen LogP contribution in [-0.2, 0) is 0 Å². The van der Waals surface area contributed by atoms with Crippen LogP contribution in [0.25, 0.3) is 17.2 Å². The summed E-state index contributed by atoms with van der Waals surface area (Å²) < 4.78 is 6.08. The van der Waals surface area contributed by atoms with Crippen molar-refractivity contribution in [1.29, 1.82) is 0 Å². The van der Waals surface area contributed by atoms with Crippen molar-refractivity contribution in [2.24, 2.45) is 0 Å². The molecule has 2 aromatic heterocycles. The van der Waals surface area contributed by atoms with Gasteiger partial charge in [0.05, 0.1) is 28.6 Å². The van der Waals surface area contributed by atoms with Crippen LogP contribution >= 0.6 is 0 Å². The van der Waals surface area contributed by atoms with Gasteiger partial charge in [0.1, 0.15) is 0 Å². The largest absolute Gasteiger partial charge is 0.436 e. The van der Waals surface area contributed by atoms with Gasteiger partial charge in [0.25, 0.3) is 0 Å². The molecule has 0 radical (unpaired) electrons. The van der Waals surface area contributed by atoms with Gasteiger partial charge in [-0.2, -0.15) is 0 Å². The lowest BCUT2D eigenvalue weighted by atomic mass is 9.61. The highest BCUT2D eigenvalue weighted by molar-refractivity contribution is 6.76. The van der Waals surface area contributed by atoms with Crippen molar-refractivity contribution in [3.05, 3.63) is 53.3 Å². The number of nitrogens with zero attached hydrogens (tertiary/aromatic N) is 4. The van der Waals surface area contributed by atoms with E-state index in [1.807, 2.05) is 13.0 Å². The quantitative estimate of drug-likeness (QED) is 0.606. The second-order valence-electron chi connectivity index (χ2n) is 7.63. The van der Waals surface area contributed by atoms with Crippen LogP contribution in [0.15, 0.2) is 46.3 Å². The minimum atomic E-state index is 0.126. The molecule has 5 rings (SSSR count). The van der Waals surface area contributed by atoms with Crippen LogP contribution in [0, 0.1) is 6.92 Å². The Labute approximate surface area is 160 Å². The van der Waals surface area contributed by atoms with Crippen molar-refractivity contribution < 1.29 is 4.42 Å². The maximum absolute atomic E-state index is 6.08. The Morgan fingerprint density at radius 2 is 1.78 bits per heavy atom. The molecule has 2 aliphatic rings. The fourth-order valence-electron chi connectivity index (χ4n) is 4.56. The molecular weight excluding hydrogens is 335 g/mol. The summed E-state index contributed by atoms with van der Waals surface area (Å²) >= 11 is 0. The molecule has 0 unspecified atom stereocenters. The van der Waals surface area contributed by atoms with E-state index in [0.29, 0.717) is 5.71 Å². The molecular formula is C21H23BN4O. The van der Waals surface area contributed by atoms with Gasteiger partial charge < -0.3 is 18.9 Å². The third-order valence-electron chi connectivity index (χ3n) is 5.95. The highest BCUT2D eigenvalue weighted by Gasteiger charge is 2.44. The predicted octanol–water partition coefficient (Wildman–Crippen LogP) is 4.32. The summed E-state index contributed by atoms with van der Waals surface area (Å²) in [5.74, 6) is 0.896. The van der Waals surface area contributed by atoms with Gasteiger partial charge in [-0.15, -0.1) is 0 Å². The second kappa shape index (κ2) is 5.55. The van der Waals surface area contributed by atoms with Crippen LogP contribution in [0.4, 0.5) is 17.1 Å². The normalized spacial score (nSPS) is 18.9. The molecule has 136 valence electrons. The number of furan rings is 1. The smallest absolute Gasteiger partial charge is 0.408 e. The summed E-state index contributed by atoms with van der Waals surface area (Å²) in [6, 6.07) is 12.8. The van der Waals surface area contributed by atoms with Gasteiger partial charge in [-0.05, 0) is 58.2 Å². The van der Waals surface area contributed by atoms with E-state index < -0.39 is 0 Å². The highest BCUT2D eigenvalue weighted by Crippen LogP contribution is 2.44. The van der Waals surface area contributed by atoms with Gasteiger partial charge in [-0.25, -0.2) is 4.98 Å². The molecule has 27 heavy (non-hydrogen) atoms. The number of anilines is 3. The SMILES string of the molecule is CC1=Cc2oc3nc(C)ccc3c2N(C)B1N1c2ccccc2N(C)[C@@H]1C. The standard InChI is InChI=1S/C21H23BN4O/c1-13-12-19-20(16-11-10-14(2)23-21(16)27-19)25(5)22(13)26-15(3)24(4)17-8-6-7-9-18(17)26/h6-12,15H,1-5H3/t15-/m0/s1. The maximum Gasteiger partial charge on any atom is 0.408 e. The molecule has 0 saturated carbocycles. The lowest BCUT2D eigenvalue weighted by Gasteiger charge is -2.40. The molecule has 4 heterocycles. The highest BCUT2D eigenvalue weighted by atomic mass is 16.3. The summed E-state index contributed by atoms with van der Waals surface area (Å²) in [5, 5.41) is 1.07. The van der Waals surface area contributed by atoms with Gasteiger partial charge in [-0.1, -0.05) is 17.6 Å². The molecule has 3 aromatic rings. The van der Waals surface area contributed by atoms with Crippen LogP contribution in [0.1, 0.15) is 25.3 Å². The molecule has 2 aliphatic heterocycles. The molecule has 5 nitrogen and oxygen atoms in total. The molecule has 0 N–H and O–H groups in total. The van der Waals surface area contributed by atoms with Crippen LogP contribution in [0.2, 0.25) is 0 Å². The molecule has 1 aromatic carbocycles. The molecule has 0 fully saturated rings. The Balaban J connectivity index is 1.67. The van der Waals surface area contributed by atoms with Crippen LogP contribution < -0.4 is 14.5 Å². The van der Waals surface area contributed by atoms with E-state index in [0.717, 1.165) is 22.5 Å². The van der Waals surface area contributed by atoms with Crippen LogP contribution in [-0.4, -0.2) is 32.2 Å². The lowest BCUT2D eigenvalue weighted by molar-refractivity contribution is 0.590. The van der Waals surface area contributed by atoms with Gasteiger partial charge in [0, 0.05) is 12.7 Å². The van der Waals surface area contributed by atoms with Gasteiger partial charge in [-0.3, -0.25) is 0 Å². The zero-order chi connectivity index (χ0) is 18.9. The number of para-hydroxylation sites is 2. The lowest BCUT2D eigenvalue weighted by Crippen LogP contribution is -2.58. The van der Waals surface area contributed by atoms with Crippen molar-refractivity contribution in [2.75, 3.05) is 28.6 Å². The Kier molecular flexibility index (Phi) is 3.35. The molecule has 1 atom stereocenters. The zero-order valence-corrected chi connectivity index (χ0v) is 16.4. The number of aromatic nitrogens is 1. The zero-order valence-electron chi connectivity index (χ0n) is 16.4. The Bertz CT molecular complexity index is 1090. The van der Waals surface area contributed by atoms with E-state index in [1.165, 1.54) is 16.8 Å². The monoisotopic (exact) mass is 358 g/mol. The third kappa shape index (κ3) is 2.16. The summed E-state index contributed by atoms with van der Waals surface area (Å²) in [6.07, 6.45) is 2.43. The summed E-state index contributed by atoms with van der Waals surface area (Å²) in [4.78, 5) is 11.7. The van der Waals surface area contributed by atoms with E-state index in [9.17, 15) is 0 Å². The van der Waals surface area contributed by atoms with Crippen molar-refractivity contribution in [3.8, 4) is 0 Å². The Morgan fingerprint density at radius 1 is 1.04 bits per heavy atom. The molecule has 0 aliphatic carbocycles. The first kappa shape index (κ1) is 16.3. The van der Waals surface area contributed by atoms with E-state index in [4.69, 9.17) is 4.42 Å². The van der Waals surface area contributed by atoms with E-state index in [2.05, 4.69) is 83.9 Å².